The van der Waals surface area contributed by atoms with Crippen LogP contribution in [0.25, 0.3) is 0 Å². The number of halogens is 2. The van der Waals surface area contributed by atoms with E-state index >= 15 is 0 Å². The summed E-state index contributed by atoms with van der Waals surface area (Å²) in [4.78, 5) is 25.3. The average molecular weight is 365 g/mol. The summed E-state index contributed by atoms with van der Waals surface area (Å²) in [6.45, 7) is 5.48. The normalized spacial score (nSPS) is 11.0. The molecule has 0 heterocycles. The molecule has 4 nitrogen and oxygen atoms in total. The van der Waals surface area contributed by atoms with Gasteiger partial charge in [-0.2, -0.15) is 0 Å². The summed E-state index contributed by atoms with van der Waals surface area (Å²) in [6, 6.07) is 13.1. The topological polar surface area (TPSA) is 49.4 Å². The minimum absolute atomic E-state index is 0.347. The molecule has 1 N–H and O–H groups in total. The Hall–Kier alpha value is -2.04. The standard InChI is InChI=1S/C18H18Cl2N2O2/c1-18(2,3)22(17(24)13-7-5-9-15(20)11-13)21-16(23)12-6-4-8-14(19)10-12/h4-11H,1-3H3,(H,21,23). The van der Waals surface area contributed by atoms with E-state index in [1.54, 1.807) is 48.5 Å². The molecule has 2 rings (SSSR count). The Morgan fingerprint density at radius 1 is 0.917 bits per heavy atom. The molecule has 0 aliphatic carbocycles. The molecule has 2 amide bonds. The van der Waals surface area contributed by atoms with Crippen molar-refractivity contribution in [2.45, 2.75) is 26.3 Å². The van der Waals surface area contributed by atoms with E-state index in [0.29, 0.717) is 21.2 Å². The first-order valence-electron chi connectivity index (χ1n) is 7.35. The third-order valence-corrected chi connectivity index (χ3v) is 3.72. The highest BCUT2D eigenvalue weighted by Gasteiger charge is 2.29. The summed E-state index contributed by atoms with van der Waals surface area (Å²) in [7, 11) is 0. The van der Waals surface area contributed by atoms with E-state index in [0.717, 1.165) is 0 Å². The van der Waals surface area contributed by atoms with Gasteiger partial charge < -0.3 is 0 Å². The molecule has 0 spiro atoms. The van der Waals surface area contributed by atoms with Crippen molar-refractivity contribution in [1.82, 2.24) is 10.4 Å². The van der Waals surface area contributed by atoms with Crippen LogP contribution in [0.2, 0.25) is 10.0 Å². The van der Waals surface area contributed by atoms with Crippen molar-refractivity contribution in [3.05, 3.63) is 69.7 Å². The minimum Gasteiger partial charge on any atom is -0.267 e. The van der Waals surface area contributed by atoms with Crippen LogP contribution in [0.3, 0.4) is 0 Å². The highest BCUT2D eigenvalue weighted by molar-refractivity contribution is 6.31. The fourth-order valence-corrected chi connectivity index (χ4v) is 2.45. The van der Waals surface area contributed by atoms with Crippen molar-refractivity contribution < 1.29 is 9.59 Å². The molecule has 24 heavy (non-hydrogen) atoms. The second kappa shape index (κ2) is 7.24. The molecule has 2 aromatic carbocycles. The van der Waals surface area contributed by atoms with Gasteiger partial charge in [-0.25, -0.2) is 5.01 Å². The number of carbonyl (C=O) groups excluding carboxylic acids is 2. The number of carbonyl (C=O) groups is 2. The zero-order valence-corrected chi connectivity index (χ0v) is 15.2. The molecule has 2 aromatic rings. The maximum absolute atomic E-state index is 12.8. The van der Waals surface area contributed by atoms with E-state index in [1.165, 1.54) is 5.01 Å². The molecular formula is C18H18Cl2N2O2. The van der Waals surface area contributed by atoms with Crippen molar-refractivity contribution in [3.8, 4) is 0 Å². The molecular weight excluding hydrogens is 347 g/mol. The molecule has 0 aliphatic rings. The Balaban J connectivity index is 2.29. The monoisotopic (exact) mass is 364 g/mol. The lowest BCUT2D eigenvalue weighted by atomic mass is 10.1. The first-order valence-corrected chi connectivity index (χ1v) is 8.11. The molecule has 0 atom stereocenters. The fourth-order valence-electron chi connectivity index (χ4n) is 2.07. The van der Waals surface area contributed by atoms with Gasteiger partial charge in [-0.1, -0.05) is 35.3 Å². The molecule has 0 saturated carbocycles. The van der Waals surface area contributed by atoms with E-state index in [2.05, 4.69) is 5.43 Å². The maximum atomic E-state index is 12.8. The Kier molecular flexibility index (Phi) is 5.52. The maximum Gasteiger partial charge on any atom is 0.272 e. The van der Waals surface area contributed by atoms with Crippen molar-refractivity contribution in [2.75, 3.05) is 0 Å². The van der Waals surface area contributed by atoms with Gasteiger partial charge in [0.2, 0.25) is 0 Å². The average Bonchev–Trinajstić information content (AvgIpc) is 2.50. The minimum atomic E-state index is -0.631. The number of hydrogen-bond donors (Lipinski definition) is 1. The second-order valence-electron chi connectivity index (χ2n) is 6.27. The summed E-state index contributed by atoms with van der Waals surface area (Å²) in [6.07, 6.45) is 0. The first kappa shape index (κ1) is 18.3. The van der Waals surface area contributed by atoms with Gasteiger partial charge in [-0.15, -0.1) is 0 Å². The largest absolute Gasteiger partial charge is 0.272 e. The van der Waals surface area contributed by atoms with Crippen molar-refractivity contribution >= 4 is 35.0 Å². The zero-order chi connectivity index (χ0) is 17.9. The van der Waals surface area contributed by atoms with Crippen molar-refractivity contribution in [2.24, 2.45) is 0 Å². The third kappa shape index (κ3) is 4.49. The van der Waals surface area contributed by atoms with E-state index in [-0.39, 0.29) is 5.91 Å². The van der Waals surface area contributed by atoms with Gasteiger partial charge in [-0.3, -0.25) is 15.0 Å². The van der Waals surface area contributed by atoms with Crippen LogP contribution >= 0.6 is 23.2 Å². The summed E-state index contributed by atoms with van der Waals surface area (Å²) < 4.78 is 0. The molecule has 6 heteroatoms. The van der Waals surface area contributed by atoms with E-state index in [9.17, 15) is 9.59 Å². The van der Waals surface area contributed by atoms with Gasteiger partial charge in [0.15, 0.2) is 0 Å². The number of nitrogens with zero attached hydrogens (tertiary/aromatic N) is 1. The third-order valence-electron chi connectivity index (χ3n) is 3.25. The van der Waals surface area contributed by atoms with Crippen LogP contribution in [-0.4, -0.2) is 22.4 Å². The molecule has 0 unspecified atom stereocenters. The van der Waals surface area contributed by atoms with Gasteiger partial charge in [0.1, 0.15) is 0 Å². The lowest BCUT2D eigenvalue weighted by Gasteiger charge is -2.35. The van der Waals surface area contributed by atoms with Crippen LogP contribution in [0.1, 0.15) is 41.5 Å². The lowest BCUT2D eigenvalue weighted by molar-refractivity contribution is 0.0358. The summed E-state index contributed by atoms with van der Waals surface area (Å²) in [5.41, 5.74) is 2.79. The van der Waals surface area contributed by atoms with Crippen molar-refractivity contribution in [3.63, 3.8) is 0 Å². The van der Waals surface area contributed by atoms with Crippen molar-refractivity contribution in [1.29, 1.82) is 0 Å². The van der Waals surface area contributed by atoms with Gasteiger partial charge >= 0.3 is 0 Å². The molecule has 0 aliphatic heterocycles. The van der Waals surface area contributed by atoms with Gasteiger partial charge in [0.25, 0.3) is 11.8 Å². The van der Waals surface area contributed by atoms with Gasteiger partial charge in [-0.05, 0) is 57.2 Å². The molecule has 0 bridgehead atoms. The fraction of sp³-hybridized carbons (Fsp3) is 0.222. The highest BCUT2D eigenvalue weighted by atomic mass is 35.5. The Labute approximate surface area is 151 Å². The lowest BCUT2D eigenvalue weighted by Crippen LogP contribution is -2.55. The molecule has 0 fully saturated rings. The van der Waals surface area contributed by atoms with Crippen LogP contribution < -0.4 is 5.43 Å². The first-order chi connectivity index (χ1) is 11.2. The predicted molar refractivity (Wildman–Crippen MR) is 96.3 cm³/mol. The number of benzene rings is 2. The summed E-state index contributed by atoms with van der Waals surface area (Å²) >= 11 is 11.9. The Morgan fingerprint density at radius 2 is 1.42 bits per heavy atom. The number of hydrazine groups is 1. The van der Waals surface area contributed by atoms with Crippen LogP contribution in [0, 0.1) is 0 Å². The molecule has 0 radical (unpaired) electrons. The predicted octanol–water partition coefficient (Wildman–Crippen LogP) is 4.58. The summed E-state index contributed by atoms with van der Waals surface area (Å²) in [5.74, 6) is -0.761. The van der Waals surface area contributed by atoms with Crippen LogP contribution in [0.5, 0.6) is 0 Å². The Morgan fingerprint density at radius 3 is 1.92 bits per heavy atom. The molecule has 126 valence electrons. The van der Waals surface area contributed by atoms with Crippen LogP contribution in [0.4, 0.5) is 0 Å². The molecule has 0 aromatic heterocycles. The number of rotatable bonds is 2. The van der Waals surface area contributed by atoms with Crippen LogP contribution in [-0.2, 0) is 0 Å². The van der Waals surface area contributed by atoms with E-state index < -0.39 is 11.4 Å². The summed E-state index contributed by atoms with van der Waals surface area (Å²) in [5, 5.41) is 2.20. The SMILES string of the molecule is CC(C)(C)N(NC(=O)c1cccc(Cl)c1)C(=O)c1cccc(Cl)c1. The number of hydrogen-bond acceptors (Lipinski definition) is 2. The quantitative estimate of drug-likeness (QED) is 0.792. The zero-order valence-electron chi connectivity index (χ0n) is 13.6. The Bertz CT molecular complexity index is 770. The number of nitrogens with one attached hydrogen (secondary N) is 1. The van der Waals surface area contributed by atoms with Crippen LogP contribution in [0.15, 0.2) is 48.5 Å². The second-order valence-corrected chi connectivity index (χ2v) is 7.15. The number of amides is 2. The molecule has 0 saturated heterocycles. The van der Waals surface area contributed by atoms with E-state index in [4.69, 9.17) is 23.2 Å². The van der Waals surface area contributed by atoms with E-state index in [1.807, 2.05) is 20.8 Å². The van der Waals surface area contributed by atoms with Gasteiger partial charge in [0, 0.05) is 21.2 Å². The highest BCUT2D eigenvalue weighted by Crippen LogP contribution is 2.19. The smallest absolute Gasteiger partial charge is 0.267 e. The van der Waals surface area contributed by atoms with Gasteiger partial charge in [0.05, 0.1) is 5.54 Å².